The average Bonchev–Trinajstić information content (AvgIpc) is 2.82. The van der Waals surface area contributed by atoms with Crippen LogP contribution in [0.4, 0.5) is 11.4 Å². The van der Waals surface area contributed by atoms with Gasteiger partial charge in [0.1, 0.15) is 0 Å². The molecule has 6 heteroatoms. The van der Waals surface area contributed by atoms with Crippen LogP contribution in [-0.4, -0.2) is 11.9 Å². The van der Waals surface area contributed by atoms with Gasteiger partial charge in [0, 0.05) is 0 Å². The monoisotopic (exact) mass is 423 g/mol. The minimum Gasteiger partial charge on any atom is -0.338 e. The second-order valence-electron chi connectivity index (χ2n) is 7.31. The molecule has 0 fully saturated rings. The molecule has 0 radical (unpaired) electrons. The third kappa shape index (κ3) is 5.23. The van der Waals surface area contributed by atoms with E-state index in [1.165, 1.54) is 0 Å². The number of nitrogens with zero attached hydrogens (tertiary/aromatic N) is 2. The minimum atomic E-state index is -0.479. The van der Waals surface area contributed by atoms with Crippen molar-refractivity contribution in [1.29, 1.82) is 0 Å². The predicted molar refractivity (Wildman–Crippen MR) is 124 cm³/mol. The van der Waals surface area contributed by atoms with Gasteiger partial charge >= 0.3 is 5.97 Å². The maximum Gasteiger partial charge on any atom is 0.362 e. The predicted octanol–water partition coefficient (Wildman–Crippen LogP) is 6.19. The zero-order valence-corrected chi connectivity index (χ0v) is 17.5. The van der Waals surface area contributed by atoms with Crippen molar-refractivity contribution in [3.63, 3.8) is 0 Å². The Balaban J connectivity index is 1.33. The van der Waals surface area contributed by atoms with E-state index in [4.69, 9.17) is 4.84 Å². The number of benzene rings is 4. The van der Waals surface area contributed by atoms with Gasteiger partial charge in [0.05, 0.1) is 23.4 Å². The molecule has 0 aliphatic rings. The normalized spacial score (nSPS) is 10.9. The zero-order chi connectivity index (χ0) is 22.3. The Morgan fingerprint density at radius 1 is 0.844 bits per heavy atom. The molecular formula is C26H21N3O3. The number of azo groups is 1. The zero-order valence-electron chi connectivity index (χ0n) is 17.5. The third-order valence-corrected chi connectivity index (χ3v) is 4.91. The molecule has 0 aliphatic heterocycles. The van der Waals surface area contributed by atoms with E-state index in [9.17, 15) is 9.59 Å². The summed E-state index contributed by atoms with van der Waals surface area (Å²) in [4.78, 5) is 29.4. The molecule has 1 N–H and O–H groups in total. The fourth-order valence-electron chi connectivity index (χ4n) is 3.21. The number of anilines is 1. The summed E-state index contributed by atoms with van der Waals surface area (Å²) in [5, 5.41) is 9.96. The number of carbonyl (C=O) groups excluding carboxylic acids is 2. The first-order valence-electron chi connectivity index (χ1n) is 10.1. The standard InChI is InChI=1S/C26H21N3O3/c1-18-9-11-20(12-10-18)26(31)32-29-23-15-13-22(14-16-23)27-28-25(30)17-21-7-4-6-19-5-2-3-8-24(19)21/h2-16,29H,17H2,1H3. The van der Waals surface area contributed by atoms with Crippen LogP contribution in [0, 0.1) is 6.92 Å². The SMILES string of the molecule is Cc1ccc(C(=O)ONc2ccc(N=NC(=O)Cc3cccc4ccccc34)cc2)cc1. The molecule has 1 amide bonds. The van der Waals surface area contributed by atoms with Crippen molar-refractivity contribution in [2.45, 2.75) is 13.3 Å². The van der Waals surface area contributed by atoms with Crippen LogP contribution >= 0.6 is 0 Å². The highest BCUT2D eigenvalue weighted by Gasteiger charge is 2.08. The van der Waals surface area contributed by atoms with Crippen LogP contribution < -0.4 is 5.48 Å². The topological polar surface area (TPSA) is 80.1 Å². The first kappa shape index (κ1) is 20.9. The molecule has 0 atom stereocenters. The van der Waals surface area contributed by atoms with Gasteiger partial charge < -0.3 is 4.84 Å². The van der Waals surface area contributed by atoms with E-state index in [1.807, 2.05) is 61.5 Å². The molecule has 0 unspecified atom stereocenters. The second kappa shape index (κ2) is 9.66. The highest BCUT2D eigenvalue weighted by atomic mass is 16.7. The summed E-state index contributed by atoms with van der Waals surface area (Å²) in [6, 6.07) is 27.6. The van der Waals surface area contributed by atoms with E-state index >= 15 is 0 Å². The number of fused-ring (bicyclic) bond motifs is 1. The summed E-state index contributed by atoms with van der Waals surface area (Å²) in [6.07, 6.45) is 0.180. The van der Waals surface area contributed by atoms with Gasteiger partial charge in [0.15, 0.2) is 0 Å². The molecule has 4 aromatic carbocycles. The molecule has 6 nitrogen and oxygen atoms in total. The summed E-state index contributed by atoms with van der Waals surface area (Å²) >= 11 is 0. The van der Waals surface area contributed by atoms with Crippen molar-refractivity contribution >= 4 is 34.0 Å². The van der Waals surface area contributed by atoms with Crippen LogP contribution in [0.5, 0.6) is 0 Å². The first-order chi connectivity index (χ1) is 15.6. The van der Waals surface area contributed by atoms with Crippen LogP contribution in [0.25, 0.3) is 10.8 Å². The molecule has 0 spiro atoms. The van der Waals surface area contributed by atoms with Gasteiger partial charge in [-0.15, -0.1) is 10.2 Å². The van der Waals surface area contributed by atoms with Gasteiger partial charge in [-0.25, -0.2) is 10.3 Å². The smallest absolute Gasteiger partial charge is 0.338 e. The van der Waals surface area contributed by atoms with Crippen molar-refractivity contribution in [2.24, 2.45) is 10.2 Å². The number of hydrogen-bond donors (Lipinski definition) is 1. The summed E-state index contributed by atoms with van der Waals surface area (Å²) in [6.45, 7) is 1.95. The fraction of sp³-hybridized carbons (Fsp3) is 0.0769. The van der Waals surface area contributed by atoms with Crippen LogP contribution in [0.3, 0.4) is 0 Å². The number of hydrogen-bond acceptors (Lipinski definition) is 5. The largest absolute Gasteiger partial charge is 0.362 e. The van der Waals surface area contributed by atoms with Crippen molar-refractivity contribution in [2.75, 3.05) is 5.48 Å². The summed E-state index contributed by atoms with van der Waals surface area (Å²) in [5.74, 6) is -0.802. The van der Waals surface area contributed by atoms with E-state index < -0.39 is 5.97 Å². The summed E-state index contributed by atoms with van der Waals surface area (Å²) < 4.78 is 0. The lowest BCUT2D eigenvalue weighted by Crippen LogP contribution is -2.10. The lowest BCUT2D eigenvalue weighted by Gasteiger charge is -2.07. The number of amides is 1. The van der Waals surface area contributed by atoms with Gasteiger partial charge in [-0.2, -0.15) is 0 Å². The second-order valence-corrected chi connectivity index (χ2v) is 7.31. The molecule has 0 heterocycles. The van der Waals surface area contributed by atoms with E-state index in [0.717, 1.165) is 21.9 Å². The summed E-state index contributed by atoms with van der Waals surface area (Å²) in [5.41, 5.74) is 6.15. The molecule has 0 saturated carbocycles. The molecule has 0 bridgehead atoms. The lowest BCUT2D eigenvalue weighted by atomic mass is 10.0. The Morgan fingerprint density at radius 3 is 2.34 bits per heavy atom. The Hall–Kier alpha value is -4.32. The van der Waals surface area contributed by atoms with Crippen molar-refractivity contribution in [3.05, 3.63) is 108 Å². The van der Waals surface area contributed by atoms with Crippen LogP contribution in [0.15, 0.2) is 101 Å². The van der Waals surface area contributed by atoms with Crippen LogP contribution in [0.2, 0.25) is 0 Å². The van der Waals surface area contributed by atoms with Gasteiger partial charge in [-0.1, -0.05) is 60.2 Å². The molecule has 4 aromatic rings. The van der Waals surface area contributed by atoms with E-state index in [1.54, 1.807) is 36.4 Å². The molecule has 0 aliphatic carbocycles. The molecular weight excluding hydrogens is 402 g/mol. The molecule has 4 rings (SSSR count). The molecule has 32 heavy (non-hydrogen) atoms. The van der Waals surface area contributed by atoms with Crippen LogP contribution in [0.1, 0.15) is 21.5 Å². The average molecular weight is 423 g/mol. The Kier molecular flexibility index (Phi) is 6.32. The fourth-order valence-corrected chi connectivity index (χ4v) is 3.21. The molecule has 0 saturated heterocycles. The maximum absolute atomic E-state index is 12.3. The molecule has 0 aromatic heterocycles. The minimum absolute atomic E-state index is 0.180. The van der Waals surface area contributed by atoms with Crippen molar-refractivity contribution in [3.8, 4) is 0 Å². The number of aryl methyl sites for hydroxylation is 1. The quantitative estimate of drug-likeness (QED) is 0.296. The number of rotatable bonds is 6. The Morgan fingerprint density at radius 2 is 1.56 bits per heavy atom. The summed E-state index contributed by atoms with van der Waals surface area (Å²) in [7, 11) is 0. The van der Waals surface area contributed by atoms with Gasteiger partial charge in [0.2, 0.25) is 0 Å². The maximum atomic E-state index is 12.3. The van der Waals surface area contributed by atoms with Gasteiger partial charge in [-0.05, 0) is 59.7 Å². The van der Waals surface area contributed by atoms with E-state index in [2.05, 4.69) is 15.7 Å². The lowest BCUT2D eigenvalue weighted by molar-refractivity contribution is -0.117. The van der Waals surface area contributed by atoms with Gasteiger partial charge in [-0.3, -0.25) is 4.79 Å². The van der Waals surface area contributed by atoms with Crippen molar-refractivity contribution in [1.82, 2.24) is 0 Å². The molecule has 158 valence electrons. The highest BCUT2D eigenvalue weighted by molar-refractivity contribution is 5.91. The van der Waals surface area contributed by atoms with E-state index in [0.29, 0.717) is 16.9 Å². The number of carbonyl (C=O) groups is 2. The van der Waals surface area contributed by atoms with Gasteiger partial charge in [0.25, 0.3) is 5.91 Å². The Bertz CT molecular complexity index is 1270. The highest BCUT2D eigenvalue weighted by Crippen LogP contribution is 2.20. The number of nitrogens with one attached hydrogen (secondary N) is 1. The first-order valence-corrected chi connectivity index (χ1v) is 10.1. The third-order valence-electron chi connectivity index (χ3n) is 4.91. The van der Waals surface area contributed by atoms with Crippen molar-refractivity contribution < 1.29 is 14.4 Å². The van der Waals surface area contributed by atoms with E-state index in [-0.39, 0.29) is 12.3 Å². The Labute approximate surface area is 185 Å². The van der Waals surface area contributed by atoms with Crippen LogP contribution in [-0.2, 0) is 16.1 Å².